The summed E-state index contributed by atoms with van der Waals surface area (Å²) in [4.78, 5) is 11.4. The molecule has 3 aromatic heterocycles. The molecule has 0 N–H and O–H groups in total. The Kier molecular flexibility index (Phi) is 4.27. The highest BCUT2D eigenvalue weighted by atomic mass is 15.3. The molecule has 0 amide bonds. The number of para-hydroxylation sites is 1. The number of nitrogens with zero attached hydrogens (tertiary/aromatic N) is 7. The highest BCUT2D eigenvalue weighted by Gasteiger charge is 2.26. The molecule has 28 heavy (non-hydrogen) atoms. The molecule has 5 rings (SSSR count). The molecule has 4 aromatic rings. The summed E-state index contributed by atoms with van der Waals surface area (Å²) in [5.74, 6) is 3.41. The van der Waals surface area contributed by atoms with E-state index in [-0.39, 0.29) is 0 Å². The molecule has 1 atom stereocenters. The van der Waals surface area contributed by atoms with E-state index in [0.29, 0.717) is 12.5 Å². The molecule has 142 valence electrons. The van der Waals surface area contributed by atoms with Crippen molar-refractivity contribution < 1.29 is 0 Å². The lowest BCUT2D eigenvalue weighted by molar-refractivity contribution is 0.476. The molecule has 7 heteroatoms. The number of fused-ring (bicyclic) bond motifs is 1. The van der Waals surface area contributed by atoms with Crippen LogP contribution in [0.1, 0.15) is 30.4 Å². The minimum Gasteiger partial charge on any atom is -0.356 e. The van der Waals surface area contributed by atoms with E-state index in [1.165, 1.54) is 5.39 Å². The smallest absolute Gasteiger partial charge is 0.152 e. The van der Waals surface area contributed by atoms with Crippen molar-refractivity contribution in [1.82, 2.24) is 29.3 Å². The number of pyridine rings is 1. The lowest BCUT2D eigenvalue weighted by atomic mass is 9.97. The van der Waals surface area contributed by atoms with E-state index in [9.17, 15) is 0 Å². The van der Waals surface area contributed by atoms with E-state index < -0.39 is 0 Å². The molecular weight excluding hydrogens is 350 g/mol. The van der Waals surface area contributed by atoms with Gasteiger partial charge in [0.25, 0.3) is 0 Å². The van der Waals surface area contributed by atoms with E-state index in [2.05, 4.69) is 62.0 Å². The number of aromatic nitrogens is 6. The van der Waals surface area contributed by atoms with E-state index in [0.717, 1.165) is 48.9 Å². The van der Waals surface area contributed by atoms with Gasteiger partial charge in [0.15, 0.2) is 5.82 Å². The van der Waals surface area contributed by atoms with Crippen molar-refractivity contribution >= 4 is 16.7 Å². The lowest BCUT2D eigenvalue weighted by Gasteiger charge is -2.33. The third-order valence-corrected chi connectivity index (χ3v) is 5.58. The quantitative estimate of drug-likeness (QED) is 0.550. The average molecular weight is 373 g/mol. The molecule has 1 aliphatic heterocycles. The van der Waals surface area contributed by atoms with Gasteiger partial charge in [-0.05, 0) is 31.0 Å². The molecule has 7 nitrogen and oxygen atoms in total. The van der Waals surface area contributed by atoms with Crippen molar-refractivity contribution in [1.29, 1.82) is 0 Å². The Morgan fingerprint density at radius 1 is 1.11 bits per heavy atom. The van der Waals surface area contributed by atoms with Gasteiger partial charge in [0.1, 0.15) is 11.6 Å². The zero-order valence-electron chi connectivity index (χ0n) is 15.9. The maximum Gasteiger partial charge on any atom is 0.152 e. The Morgan fingerprint density at radius 2 is 2.04 bits per heavy atom. The molecule has 1 saturated heterocycles. The van der Waals surface area contributed by atoms with Gasteiger partial charge in [-0.1, -0.05) is 18.2 Å². The Balaban J connectivity index is 1.37. The summed E-state index contributed by atoms with van der Waals surface area (Å²) in [5, 5.41) is 10.1. The molecule has 0 saturated carbocycles. The first-order chi connectivity index (χ1) is 13.8. The second-order valence-corrected chi connectivity index (χ2v) is 7.42. The summed E-state index contributed by atoms with van der Waals surface area (Å²) in [7, 11) is 2.06. The van der Waals surface area contributed by atoms with Crippen LogP contribution in [0.5, 0.6) is 0 Å². The summed E-state index contributed by atoms with van der Waals surface area (Å²) in [6, 6.07) is 12.6. The largest absolute Gasteiger partial charge is 0.356 e. The summed E-state index contributed by atoms with van der Waals surface area (Å²) in [6.45, 7) is 2.64. The minimum absolute atomic E-state index is 0.357. The Morgan fingerprint density at radius 3 is 2.93 bits per heavy atom. The SMILES string of the molecule is Cn1c(Cn2ccnc2)nnc1C1CCCN(c2ccc3ccccc3n2)C1. The number of piperidine rings is 1. The van der Waals surface area contributed by atoms with Gasteiger partial charge < -0.3 is 14.0 Å². The maximum absolute atomic E-state index is 4.88. The Hall–Kier alpha value is -3.22. The van der Waals surface area contributed by atoms with Gasteiger partial charge in [0.2, 0.25) is 0 Å². The predicted molar refractivity (Wildman–Crippen MR) is 108 cm³/mol. The fourth-order valence-corrected chi connectivity index (χ4v) is 4.04. The topological polar surface area (TPSA) is 64.7 Å². The number of hydrogen-bond acceptors (Lipinski definition) is 5. The zero-order chi connectivity index (χ0) is 18.9. The third-order valence-electron chi connectivity index (χ3n) is 5.58. The molecule has 1 aliphatic rings. The molecule has 0 radical (unpaired) electrons. The van der Waals surface area contributed by atoms with Crippen LogP contribution in [-0.2, 0) is 13.6 Å². The fraction of sp³-hybridized carbons (Fsp3) is 0.333. The Bertz CT molecular complexity index is 1080. The summed E-state index contributed by atoms with van der Waals surface area (Å²) >= 11 is 0. The normalized spacial score (nSPS) is 17.3. The third kappa shape index (κ3) is 3.13. The van der Waals surface area contributed by atoms with Crippen LogP contribution in [0.4, 0.5) is 5.82 Å². The summed E-state index contributed by atoms with van der Waals surface area (Å²) < 4.78 is 4.15. The summed E-state index contributed by atoms with van der Waals surface area (Å²) in [6.07, 6.45) is 7.79. The van der Waals surface area contributed by atoms with Gasteiger partial charge in [-0.25, -0.2) is 9.97 Å². The molecule has 1 fully saturated rings. The second kappa shape index (κ2) is 7.07. The summed E-state index contributed by atoms with van der Waals surface area (Å²) in [5.41, 5.74) is 1.04. The second-order valence-electron chi connectivity index (χ2n) is 7.42. The number of rotatable bonds is 4. The highest BCUT2D eigenvalue weighted by molar-refractivity contribution is 5.80. The van der Waals surface area contributed by atoms with Gasteiger partial charge in [0, 0.05) is 43.8 Å². The van der Waals surface area contributed by atoms with Crippen LogP contribution in [0.15, 0.2) is 55.1 Å². The number of imidazole rings is 1. The minimum atomic E-state index is 0.357. The van der Waals surface area contributed by atoms with Crippen LogP contribution in [0, 0.1) is 0 Å². The van der Waals surface area contributed by atoms with Gasteiger partial charge in [-0.15, -0.1) is 10.2 Å². The van der Waals surface area contributed by atoms with Crippen molar-refractivity contribution in [2.45, 2.75) is 25.3 Å². The van der Waals surface area contributed by atoms with Crippen molar-refractivity contribution in [2.24, 2.45) is 7.05 Å². The number of hydrogen-bond donors (Lipinski definition) is 0. The highest BCUT2D eigenvalue weighted by Crippen LogP contribution is 2.29. The molecule has 0 bridgehead atoms. The van der Waals surface area contributed by atoms with Crippen molar-refractivity contribution in [3.63, 3.8) is 0 Å². The van der Waals surface area contributed by atoms with Crippen LogP contribution in [0.2, 0.25) is 0 Å². The van der Waals surface area contributed by atoms with Gasteiger partial charge >= 0.3 is 0 Å². The molecule has 4 heterocycles. The number of anilines is 1. The van der Waals surface area contributed by atoms with Crippen LogP contribution in [0.3, 0.4) is 0 Å². The van der Waals surface area contributed by atoms with Gasteiger partial charge in [-0.2, -0.15) is 0 Å². The molecule has 1 aromatic carbocycles. The standard InChI is InChI=1S/C21H23N7/c1-26-20(14-27-12-10-22-15-27)24-25-21(26)17-6-4-11-28(13-17)19-9-8-16-5-2-3-7-18(16)23-19/h2-3,5,7-10,12,15,17H,4,6,11,13-14H2,1H3. The fourth-order valence-electron chi connectivity index (χ4n) is 4.04. The van der Waals surface area contributed by atoms with Gasteiger partial charge in [0.05, 0.1) is 18.4 Å². The van der Waals surface area contributed by atoms with E-state index in [1.807, 2.05) is 23.2 Å². The predicted octanol–water partition coefficient (Wildman–Crippen LogP) is 2.99. The van der Waals surface area contributed by atoms with Crippen molar-refractivity contribution in [3.05, 3.63) is 66.8 Å². The molecule has 0 spiro atoms. The molecule has 0 aliphatic carbocycles. The molecule has 1 unspecified atom stereocenters. The lowest BCUT2D eigenvalue weighted by Crippen LogP contribution is -2.35. The zero-order valence-corrected chi connectivity index (χ0v) is 15.9. The van der Waals surface area contributed by atoms with Crippen LogP contribution in [0.25, 0.3) is 10.9 Å². The van der Waals surface area contributed by atoms with Crippen LogP contribution in [-0.4, -0.2) is 42.4 Å². The number of benzene rings is 1. The van der Waals surface area contributed by atoms with E-state index >= 15 is 0 Å². The first-order valence-electron chi connectivity index (χ1n) is 9.72. The van der Waals surface area contributed by atoms with Crippen LogP contribution >= 0.6 is 0 Å². The first-order valence-corrected chi connectivity index (χ1v) is 9.72. The van der Waals surface area contributed by atoms with E-state index in [1.54, 1.807) is 6.20 Å². The maximum atomic E-state index is 4.88. The van der Waals surface area contributed by atoms with Crippen molar-refractivity contribution in [2.75, 3.05) is 18.0 Å². The monoisotopic (exact) mass is 373 g/mol. The Labute approximate surface area is 163 Å². The average Bonchev–Trinajstić information content (AvgIpc) is 3.38. The first kappa shape index (κ1) is 16.9. The van der Waals surface area contributed by atoms with E-state index in [4.69, 9.17) is 4.98 Å². The molecular formula is C21H23N7. The van der Waals surface area contributed by atoms with Crippen LogP contribution < -0.4 is 4.90 Å². The van der Waals surface area contributed by atoms with Gasteiger partial charge in [-0.3, -0.25) is 0 Å². The van der Waals surface area contributed by atoms with Crippen molar-refractivity contribution in [3.8, 4) is 0 Å².